The SMILES string of the molecule is O=C(NCCNC(=O)c1ccccc1Nc1ccccc1)c1ccc(O)cc1. The van der Waals surface area contributed by atoms with Gasteiger partial charge in [0.05, 0.1) is 11.3 Å². The first-order valence-corrected chi connectivity index (χ1v) is 8.90. The van der Waals surface area contributed by atoms with Gasteiger partial charge < -0.3 is 21.1 Å². The monoisotopic (exact) mass is 375 g/mol. The van der Waals surface area contributed by atoms with Crippen LogP contribution in [0.4, 0.5) is 11.4 Å². The predicted molar refractivity (Wildman–Crippen MR) is 109 cm³/mol. The van der Waals surface area contributed by atoms with Crippen LogP contribution in [0.25, 0.3) is 0 Å². The van der Waals surface area contributed by atoms with Crippen LogP contribution in [-0.4, -0.2) is 30.0 Å². The van der Waals surface area contributed by atoms with Crippen molar-refractivity contribution >= 4 is 23.2 Å². The molecular weight excluding hydrogens is 354 g/mol. The van der Waals surface area contributed by atoms with Crippen LogP contribution in [0.3, 0.4) is 0 Å². The second-order valence-electron chi connectivity index (χ2n) is 6.10. The highest BCUT2D eigenvalue weighted by Crippen LogP contribution is 2.20. The van der Waals surface area contributed by atoms with E-state index in [0.29, 0.717) is 29.9 Å². The molecule has 0 radical (unpaired) electrons. The molecule has 2 amide bonds. The fraction of sp³-hybridized carbons (Fsp3) is 0.0909. The summed E-state index contributed by atoms with van der Waals surface area (Å²) in [5.74, 6) is -0.384. The summed E-state index contributed by atoms with van der Waals surface area (Å²) in [5.41, 5.74) is 2.57. The van der Waals surface area contributed by atoms with Crippen LogP contribution in [0.2, 0.25) is 0 Å². The van der Waals surface area contributed by atoms with Crippen molar-refractivity contribution in [1.82, 2.24) is 10.6 Å². The number of hydrogen-bond acceptors (Lipinski definition) is 4. The van der Waals surface area contributed by atoms with E-state index < -0.39 is 0 Å². The normalized spacial score (nSPS) is 10.1. The molecule has 0 bridgehead atoms. The largest absolute Gasteiger partial charge is 0.508 e. The van der Waals surface area contributed by atoms with Crippen molar-refractivity contribution in [3.63, 3.8) is 0 Å². The molecule has 28 heavy (non-hydrogen) atoms. The molecule has 0 spiro atoms. The molecule has 0 aliphatic heterocycles. The van der Waals surface area contributed by atoms with Gasteiger partial charge in [-0.15, -0.1) is 0 Å². The summed E-state index contributed by atoms with van der Waals surface area (Å²) in [7, 11) is 0. The smallest absolute Gasteiger partial charge is 0.253 e. The molecule has 0 heterocycles. The minimum absolute atomic E-state index is 0.103. The van der Waals surface area contributed by atoms with Gasteiger partial charge in [0, 0.05) is 24.3 Å². The van der Waals surface area contributed by atoms with Gasteiger partial charge >= 0.3 is 0 Å². The van der Waals surface area contributed by atoms with E-state index in [9.17, 15) is 14.7 Å². The molecule has 0 aliphatic rings. The van der Waals surface area contributed by atoms with Crippen molar-refractivity contribution in [3.8, 4) is 5.75 Å². The molecule has 0 saturated heterocycles. The summed E-state index contributed by atoms with van der Waals surface area (Å²) in [4.78, 5) is 24.5. The summed E-state index contributed by atoms with van der Waals surface area (Å²) in [6.45, 7) is 0.585. The maximum atomic E-state index is 12.5. The molecular formula is C22H21N3O3. The van der Waals surface area contributed by atoms with Gasteiger partial charge in [0.2, 0.25) is 0 Å². The third-order valence-corrected chi connectivity index (χ3v) is 4.05. The number of benzene rings is 3. The second-order valence-corrected chi connectivity index (χ2v) is 6.10. The average Bonchev–Trinajstić information content (AvgIpc) is 2.72. The van der Waals surface area contributed by atoms with Crippen LogP contribution in [0, 0.1) is 0 Å². The van der Waals surface area contributed by atoms with Crippen LogP contribution in [-0.2, 0) is 0 Å². The predicted octanol–water partition coefficient (Wildman–Crippen LogP) is 3.30. The lowest BCUT2D eigenvalue weighted by Gasteiger charge is -2.12. The maximum Gasteiger partial charge on any atom is 0.253 e. The Morgan fingerprint density at radius 1 is 0.714 bits per heavy atom. The van der Waals surface area contributed by atoms with E-state index in [-0.39, 0.29) is 17.6 Å². The lowest BCUT2D eigenvalue weighted by atomic mass is 10.1. The van der Waals surface area contributed by atoms with Gasteiger partial charge in [-0.05, 0) is 48.5 Å². The van der Waals surface area contributed by atoms with E-state index >= 15 is 0 Å². The molecule has 6 heteroatoms. The Morgan fingerprint density at radius 3 is 2.04 bits per heavy atom. The number of anilines is 2. The van der Waals surface area contributed by atoms with E-state index in [0.717, 1.165) is 5.69 Å². The van der Waals surface area contributed by atoms with E-state index in [1.807, 2.05) is 42.5 Å². The first-order valence-electron chi connectivity index (χ1n) is 8.90. The van der Waals surface area contributed by atoms with E-state index in [4.69, 9.17) is 0 Å². The number of amides is 2. The molecule has 4 N–H and O–H groups in total. The fourth-order valence-electron chi connectivity index (χ4n) is 2.63. The van der Waals surface area contributed by atoms with Gasteiger partial charge in [-0.3, -0.25) is 9.59 Å². The highest BCUT2D eigenvalue weighted by Gasteiger charge is 2.11. The molecule has 3 aromatic rings. The molecule has 0 aliphatic carbocycles. The van der Waals surface area contributed by atoms with Crippen molar-refractivity contribution in [1.29, 1.82) is 0 Å². The van der Waals surface area contributed by atoms with E-state index in [1.54, 1.807) is 12.1 Å². The standard InChI is InChI=1S/C22H21N3O3/c26-18-12-10-16(11-13-18)21(27)23-14-15-24-22(28)19-8-4-5-9-20(19)25-17-6-2-1-3-7-17/h1-13,25-26H,14-15H2,(H,23,27)(H,24,28). The topological polar surface area (TPSA) is 90.5 Å². The Kier molecular flexibility index (Phi) is 6.25. The van der Waals surface area contributed by atoms with E-state index in [1.165, 1.54) is 24.3 Å². The van der Waals surface area contributed by atoms with Crippen LogP contribution in [0.15, 0.2) is 78.9 Å². The summed E-state index contributed by atoms with van der Waals surface area (Å²) in [5, 5.41) is 18.0. The highest BCUT2D eigenvalue weighted by atomic mass is 16.3. The third-order valence-electron chi connectivity index (χ3n) is 4.05. The van der Waals surface area contributed by atoms with Crippen LogP contribution in [0.5, 0.6) is 5.75 Å². The minimum atomic E-state index is -0.264. The molecule has 142 valence electrons. The molecule has 0 saturated carbocycles. The zero-order chi connectivity index (χ0) is 19.8. The number of carbonyl (C=O) groups excluding carboxylic acids is 2. The number of hydrogen-bond donors (Lipinski definition) is 4. The fourth-order valence-corrected chi connectivity index (χ4v) is 2.63. The Balaban J connectivity index is 1.52. The summed E-state index contributed by atoms with van der Waals surface area (Å²) >= 11 is 0. The quantitative estimate of drug-likeness (QED) is 0.477. The number of para-hydroxylation sites is 2. The van der Waals surface area contributed by atoms with Gasteiger partial charge in [0.1, 0.15) is 5.75 Å². The molecule has 0 fully saturated rings. The summed E-state index contributed by atoms with van der Waals surface area (Å²) in [6.07, 6.45) is 0. The van der Waals surface area contributed by atoms with Gasteiger partial charge in [-0.25, -0.2) is 0 Å². The molecule has 0 atom stereocenters. The summed E-state index contributed by atoms with van der Waals surface area (Å²) < 4.78 is 0. The minimum Gasteiger partial charge on any atom is -0.508 e. The summed E-state index contributed by atoms with van der Waals surface area (Å²) in [6, 6.07) is 22.8. The first kappa shape index (κ1) is 19.0. The Hall–Kier alpha value is -3.80. The Morgan fingerprint density at radius 2 is 1.32 bits per heavy atom. The number of nitrogens with one attached hydrogen (secondary N) is 3. The highest BCUT2D eigenvalue weighted by molar-refractivity contribution is 6.00. The zero-order valence-electron chi connectivity index (χ0n) is 15.2. The Labute approximate surface area is 163 Å². The van der Waals surface area contributed by atoms with Crippen molar-refractivity contribution in [3.05, 3.63) is 90.0 Å². The number of rotatable bonds is 7. The molecule has 0 unspecified atom stereocenters. The van der Waals surface area contributed by atoms with Crippen molar-refractivity contribution in [2.75, 3.05) is 18.4 Å². The van der Waals surface area contributed by atoms with Gasteiger partial charge in [0.15, 0.2) is 0 Å². The Bertz CT molecular complexity index is 941. The lowest BCUT2D eigenvalue weighted by molar-refractivity contribution is 0.0928. The van der Waals surface area contributed by atoms with Crippen LogP contribution >= 0.6 is 0 Å². The number of phenolic OH excluding ortho intramolecular Hbond substituents is 1. The molecule has 3 aromatic carbocycles. The molecule has 6 nitrogen and oxygen atoms in total. The molecule has 0 aromatic heterocycles. The number of carbonyl (C=O) groups is 2. The van der Waals surface area contributed by atoms with Gasteiger partial charge in [-0.1, -0.05) is 30.3 Å². The lowest BCUT2D eigenvalue weighted by Crippen LogP contribution is -2.34. The third kappa shape index (κ3) is 5.11. The second kappa shape index (κ2) is 9.23. The van der Waals surface area contributed by atoms with Crippen LogP contribution in [0.1, 0.15) is 20.7 Å². The van der Waals surface area contributed by atoms with E-state index in [2.05, 4.69) is 16.0 Å². The van der Waals surface area contributed by atoms with Gasteiger partial charge in [-0.2, -0.15) is 0 Å². The average molecular weight is 375 g/mol. The van der Waals surface area contributed by atoms with Crippen molar-refractivity contribution < 1.29 is 14.7 Å². The number of aromatic hydroxyl groups is 1. The zero-order valence-corrected chi connectivity index (χ0v) is 15.2. The maximum absolute atomic E-state index is 12.5. The van der Waals surface area contributed by atoms with Crippen LogP contribution < -0.4 is 16.0 Å². The van der Waals surface area contributed by atoms with Crippen molar-refractivity contribution in [2.45, 2.75) is 0 Å². The molecule has 3 rings (SSSR count). The number of phenols is 1. The van der Waals surface area contributed by atoms with Crippen molar-refractivity contribution in [2.24, 2.45) is 0 Å². The first-order chi connectivity index (χ1) is 13.6. The van der Waals surface area contributed by atoms with Gasteiger partial charge in [0.25, 0.3) is 11.8 Å².